The molecule has 4 nitrogen and oxygen atoms in total. The van der Waals surface area contributed by atoms with Crippen molar-refractivity contribution < 1.29 is 9.53 Å². The third-order valence-electron chi connectivity index (χ3n) is 5.24. The number of piperidine rings is 1. The van der Waals surface area contributed by atoms with Gasteiger partial charge in [0, 0.05) is 43.1 Å². The number of para-hydroxylation sites is 1. The Kier molecular flexibility index (Phi) is 4.40. The average Bonchev–Trinajstić information content (AvgIpc) is 2.62. The van der Waals surface area contributed by atoms with Gasteiger partial charge in [-0.15, -0.1) is 0 Å². The van der Waals surface area contributed by atoms with E-state index in [2.05, 4.69) is 28.4 Å². The van der Waals surface area contributed by atoms with Gasteiger partial charge < -0.3 is 9.64 Å². The van der Waals surface area contributed by atoms with E-state index >= 15 is 0 Å². The minimum atomic E-state index is -0.476. The maximum atomic E-state index is 12.0. The van der Waals surface area contributed by atoms with Crippen LogP contribution in [0.25, 0.3) is 0 Å². The Hall–Kier alpha value is -2.04. The second-order valence-corrected chi connectivity index (χ2v) is 7.21. The van der Waals surface area contributed by atoms with E-state index in [-0.39, 0.29) is 6.09 Å². The molecule has 2 heterocycles. The molecule has 0 unspecified atom stereocenters. The van der Waals surface area contributed by atoms with Gasteiger partial charge in [0.25, 0.3) is 0 Å². The van der Waals surface area contributed by atoms with Gasteiger partial charge in [0.2, 0.25) is 0 Å². The molecule has 0 saturated carbocycles. The predicted molar refractivity (Wildman–Crippen MR) is 99.1 cm³/mol. The van der Waals surface area contributed by atoms with Crippen molar-refractivity contribution in [3.05, 3.63) is 64.7 Å². The fourth-order valence-electron chi connectivity index (χ4n) is 3.80. The highest BCUT2D eigenvalue weighted by molar-refractivity contribution is 6.30. The Morgan fingerprint density at radius 3 is 2.56 bits per heavy atom. The van der Waals surface area contributed by atoms with E-state index in [4.69, 9.17) is 16.3 Å². The van der Waals surface area contributed by atoms with Gasteiger partial charge in [-0.05, 0) is 30.2 Å². The summed E-state index contributed by atoms with van der Waals surface area (Å²) in [5, 5.41) is 3.58. The lowest BCUT2D eigenvalue weighted by Gasteiger charge is -2.44. The molecule has 1 saturated heterocycles. The number of benzene rings is 2. The minimum Gasteiger partial charge on any atom is -0.438 e. The van der Waals surface area contributed by atoms with Crippen LogP contribution in [0.2, 0.25) is 5.02 Å². The van der Waals surface area contributed by atoms with Crippen LogP contribution in [0, 0.1) is 0 Å². The third kappa shape index (κ3) is 3.37. The van der Waals surface area contributed by atoms with Crippen molar-refractivity contribution in [3.63, 3.8) is 0 Å². The summed E-state index contributed by atoms with van der Waals surface area (Å²) in [4.78, 5) is 14.4. The molecular formula is C20H21ClN2O2. The molecule has 5 heteroatoms. The second kappa shape index (κ2) is 6.70. The van der Waals surface area contributed by atoms with Crippen LogP contribution in [0.3, 0.4) is 0 Å². The highest BCUT2D eigenvalue weighted by atomic mass is 35.5. The summed E-state index contributed by atoms with van der Waals surface area (Å²) in [5.41, 5.74) is 2.80. The standard InChI is InChI=1S/C20H21ClN2O2/c21-16-7-5-15(6-8-16)9-12-23-13-10-20(11-14-23)17-3-1-2-4-18(17)22-19(24)25-20/h1-8H,9-14H2,(H,22,24). The van der Waals surface area contributed by atoms with Gasteiger partial charge in [-0.3, -0.25) is 5.32 Å². The van der Waals surface area contributed by atoms with Gasteiger partial charge in [-0.1, -0.05) is 41.9 Å². The number of nitrogens with one attached hydrogen (secondary N) is 1. The van der Waals surface area contributed by atoms with Gasteiger partial charge >= 0.3 is 6.09 Å². The highest BCUT2D eigenvalue weighted by Crippen LogP contribution is 2.43. The molecular weight excluding hydrogens is 336 g/mol. The first-order chi connectivity index (χ1) is 12.1. The van der Waals surface area contributed by atoms with Crippen molar-refractivity contribution in [2.75, 3.05) is 25.0 Å². The molecule has 4 rings (SSSR count). The van der Waals surface area contributed by atoms with E-state index in [1.165, 1.54) is 5.56 Å². The van der Waals surface area contributed by atoms with Crippen molar-refractivity contribution in [1.82, 2.24) is 4.90 Å². The molecule has 2 aromatic rings. The van der Waals surface area contributed by atoms with Crippen molar-refractivity contribution in [3.8, 4) is 0 Å². The van der Waals surface area contributed by atoms with Crippen molar-refractivity contribution in [2.45, 2.75) is 24.9 Å². The molecule has 1 N–H and O–H groups in total. The molecule has 1 fully saturated rings. The van der Waals surface area contributed by atoms with E-state index < -0.39 is 5.60 Å². The van der Waals surface area contributed by atoms with Crippen LogP contribution in [-0.2, 0) is 16.8 Å². The average molecular weight is 357 g/mol. The van der Waals surface area contributed by atoms with Crippen molar-refractivity contribution in [2.24, 2.45) is 0 Å². The lowest BCUT2D eigenvalue weighted by atomic mass is 9.82. The number of rotatable bonds is 3. The lowest BCUT2D eigenvalue weighted by molar-refractivity contribution is -0.0375. The molecule has 130 valence electrons. The van der Waals surface area contributed by atoms with Crippen molar-refractivity contribution in [1.29, 1.82) is 0 Å². The Bertz CT molecular complexity index is 768. The number of carbonyl (C=O) groups excluding carboxylic acids is 1. The van der Waals surface area contributed by atoms with Crippen LogP contribution in [0.1, 0.15) is 24.0 Å². The fraction of sp³-hybridized carbons (Fsp3) is 0.350. The SMILES string of the molecule is O=C1Nc2ccccc2C2(CCN(CCc3ccc(Cl)cc3)CC2)O1. The predicted octanol–water partition coefficient (Wildman–Crippen LogP) is 4.44. The van der Waals surface area contributed by atoms with E-state index in [0.29, 0.717) is 0 Å². The molecule has 1 amide bonds. The highest BCUT2D eigenvalue weighted by Gasteiger charge is 2.44. The Balaban J connectivity index is 1.41. The summed E-state index contributed by atoms with van der Waals surface area (Å²) in [6.07, 6.45) is 2.33. The molecule has 0 aromatic heterocycles. The maximum absolute atomic E-state index is 12.0. The number of carbonyl (C=O) groups is 1. The van der Waals surface area contributed by atoms with E-state index in [0.717, 1.165) is 55.2 Å². The first kappa shape index (κ1) is 16.4. The number of hydrogen-bond donors (Lipinski definition) is 1. The molecule has 0 bridgehead atoms. The molecule has 25 heavy (non-hydrogen) atoms. The second-order valence-electron chi connectivity index (χ2n) is 6.77. The summed E-state index contributed by atoms with van der Waals surface area (Å²) in [5.74, 6) is 0. The number of hydrogen-bond acceptors (Lipinski definition) is 3. The quantitative estimate of drug-likeness (QED) is 0.884. The zero-order valence-electron chi connectivity index (χ0n) is 14.0. The summed E-state index contributed by atoms with van der Waals surface area (Å²) < 4.78 is 5.77. The molecule has 0 atom stereocenters. The number of halogens is 1. The summed E-state index contributed by atoms with van der Waals surface area (Å²) >= 11 is 5.94. The van der Waals surface area contributed by atoms with Crippen LogP contribution < -0.4 is 5.32 Å². The smallest absolute Gasteiger partial charge is 0.412 e. The lowest BCUT2D eigenvalue weighted by Crippen LogP contribution is -2.48. The zero-order chi connectivity index (χ0) is 17.3. The third-order valence-corrected chi connectivity index (χ3v) is 5.49. The van der Waals surface area contributed by atoms with E-state index in [9.17, 15) is 4.79 Å². The summed E-state index contributed by atoms with van der Waals surface area (Å²) in [6, 6.07) is 16.0. The topological polar surface area (TPSA) is 41.6 Å². The van der Waals surface area contributed by atoms with Crippen LogP contribution in [0.4, 0.5) is 10.5 Å². The summed E-state index contributed by atoms with van der Waals surface area (Å²) in [6.45, 7) is 2.86. The molecule has 1 spiro atoms. The number of fused-ring (bicyclic) bond motifs is 2. The Morgan fingerprint density at radius 2 is 1.80 bits per heavy atom. The Morgan fingerprint density at radius 1 is 1.08 bits per heavy atom. The van der Waals surface area contributed by atoms with Gasteiger partial charge in [0.1, 0.15) is 5.60 Å². The van der Waals surface area contributed by atoms with Gasteiger partial charge in [-0.2, -0.15) is 0 Å². The van der Waals surface area contributed by atoms with Crippen LogP contribution >= 0.6 is 11.6 Å². The van der Waals surface area contributed by atoms with Gasteiger partial charge in [0.15, 0.2) is 0 Å². The first-order valence-electron chi connectivity index (χ1n) is 8.71. The Labute approximate surface area is 152 Å². The minimum absolute atomic E-state index is 0.340. The van der Waals surface area contributed by atoms with Crippen LogP contribution in [-0.4, -0.2) is 30.6 Å². The number of likely N-dealkylation sites (tertiary alicyclic amines) is 1. The van der Waals surface area contributed by atoms with Gasteiger partial charge in [-0.25, -0.2) is 4.79 Å². The molecule has 2 aromatic carbocycles. The fourth-order valence-corrected chi connectivity index (χ4v) is 3.93. The molecule has 2 aliphatic heterocycles. The van der Waals surface area contributed by atoms with Crippen LogP contribution in [0.15, 0.2) is 48.5 Å². The monoisotopic (exact) mass is 356 g/mol. The van der Waals surface area contributed by atoms with E-state index in [1.54, 1.807) is 0 Å². The number of ether oxygens (including phenoxy) is 1. The first-order valence-corrected chi connectivity index (χ1v) is 9.09. The molecule has 2 aliphatic rings. The largest absolute Gasteiger partial charge is 0.438 e. The summed E-state index contributed by atoms with van der Waals surface area (Å²) in [7, 11) is 0. The van der Waals surface area contributed by atoms with Crippen molar-refractivity contribution >= 4 is 23.4 Å². The molecule has 0 aliphatic carbocycles. The van der Waals surface area contributed by atoms with Crippen LogP contribution in [0.5, 0.6) is 0 Å². The normalized spacial score (nSPS) is 19.2. The zero-order valence-corrected chi connectivity index (χ0v) is 14.8. The number of nitrogens with zero attached hydrogens (tertiary/aromatic N) is 1. The maximum Gasteiger partial charge on any atom is 0.412 e. The number of anilines is 1. The van der Waals surface area contributed by atoms with E-state index in [1.807, 2.05) is 30.3 Å². The number of amides is 1. The van der Waals surface area contributed by atoms with Gasteiger partial charge in [0.05, 0.1) is 5.69 Å². The molecule has 0 radical (unpaired) electrons.